The van der Waals surface area contributed by atoms with E-state index in [0.29, 0.717) is 41.2 Å². The zero-order valence-electron chi connectivity index (χ0n) is 18.1. The monoisotopic (exact) mass is 461 g/mol. The van der Waals surface area contributed by atoms with Crippen molar-refractivity contribution in [2.45, 2.75) is 24.7 Å². The molecule has 1 saturated heterocycles. The van der Waals surface area contributed by atoms with Gasteiger partial charge in [0, 0.05) is 48.8 Å². The molecule has 1 aromatic carbocycles. The highest BCUT2D eigenvalue weighted by atomic mass is 32.2. The van der Waals surface area contributed by atoms with Crippen LogP contribution in [0.3, 0.4) is 0 Å². The zero-order valence-corrected chi connectivity index (χ0v) is 18.9. The maximum atomic E-state index is 13.3. The van der Waals surface area contributed by atoms with Crippen LogP contribution in [-0.2, 0) is 10.0 Å². The van der Waals surface area contributed by atoms with Gasteiger partial charge in [-0.05, 0) is 55.2 Å². The molecule has 9 heteroatoms. The van der Waals surface area contributed by atoms with Crippen LogP contribution in [0.1, 0.15) is 30.1 Å². The average molecular weight is 462 g/mol. The molecule has 0 N–H and O–H groups in total. The summed E-state index contributed by atoms with van der Waals surface area (Å²) >= 11 is 0. The van der Waals surface area contributed by atoms with Crippen molar-refractivity contribution in [1.29, 1.82) is 0 Å². The Morgan fingerprint density at radius 1 is 1.06 bits per heavy atom. The van der Waals surface area contributed by atoms with Gasteiger partial charge in [0.05, 0.1) is 21.7 Å². The van der Waals surface area contributed by atoms with Crippen molar-refractivity contribution in [1.82, 2.24) is 23.8 Å². The Morgan fingerprint density at radius 2 is 1.88 bits per heavy atom. The molecular weight excluding hydrogens is 438 g/mol. The smallest absolute Gasteiger partial charge is 0.263 e. The molecule has 0 spiro atoms. The van der Waals surface area contributed by atoms with Gasteiger partial charge in [-0.25, -0.2) is 18.4 Å². The quantitative estimate of drug-likeness (QED) is 0.461. The second-order valence-electron chi connectivity index (χ2n) is 8.34. The van der Waals surface area contributed by atoms with Gasteiger partial charge in [0.1, 0.15) is 6.33 Å². The van der Waals surface area contributed by atoms with E-state index in [9.17, 15) is 13.2 Å². The summed E-state index contributed by atoms with van der Waals surface area (Å²) in [5.74, 6) is 0.203. The summed E-state index contributed by atoms with van der Waals surface area (Å²) in [6.45, 7) is 3.14. The van der Waals surface area contributed by atoms with Crippen molar-refractivity contribution in [2.24, 2.45) is 5.92 Å². The van der Waals surface area contributed by atoms with Crippen molar-refractivity contribution in [3.8, 4) is 11.3 Å². The highest BCUT2D eigenvalue weighted by Crippen LogP contribution is 2.29. The number of hydrogen-bond acceptors (Lipinski definition) is 6. The van der Waals surface area contributed by atoms with E-state index in [2.05, 4.69) is 21.9 Å². The Bertz CT molecular complexity index is 1410. The number of rotatable bonds is 4. The average Bonchev–Trinajstić information content (AvgIpc) is 3.38. The SMILES string of the molecule is CC1CCN(S(=O)(=O)c2ccc3nc(-c4cccnc4)cc(C(=O)n4ccnc4)c3c2)CC1. The lowest BCUT2D eigenvalue weighted by Gasteiger charge is -2.29. The number of piperidine rings is 1. The summed E-state index contributed by atoms with van der Waals surface area (Å²) in [5, 5.41) is 0.479. The Balaban J connectivity index is 1.66. The molecule has 4 aromatic rings. The third-order valence-electron chi connectivity index (χ3n) is 6.09. The summed E-state index contributed by atoms with van der Waals surface area (Å²) in [6.07, 6.45) is 9.54. The predicted molar refractivity (Wildman–Crippen MR) is 124 cm³/mol. The third-order valence-corrected chi connectivity index (χ3v) is 7.98. The van der Waals surface area contributed by atoms with E-state index >= 15 is 0 Å². The minimum atomic E-state index is -3.67. The lowest BCUT2D eigenvalue weighted by molar-refractivity contribution is 0.0961. The molecule has 0 saturated carbocycles. The number of carbonyl (C=O) groups is 1. The first-order valence-corrected chi connectivity index (χ1v) is 12.3. The minimum Gasteiger partial charge on any atom is -0.272 e. The van der Waals surface area contributed by atoms with E-state index in [1.807, 2.05) is 6.07 Å². The number of sulfonamides is 1. The fourth-order valence-corrected chi connectivity index (χ4v) is 5.59. The lowest BCUT2D eigenvalue weighted by Crippen LogP contribution is -2.37. The van der Waals surface area contributed by atoms with Gasteiger partial charge in [-0.15, -0.1) is 0 Å². The first-order chi connectivity index (χ1) is 15.9. The van der Waals surface area contributed by atoms with Gasteiger partial charge in [-0.2, -0.15) is 4.31 Å². The molecule has 0 radical (unpaired) electrons. The molecule has 8 nitrogen and oxygen atoms in total. The molecule has 168 valence electrons. The van der Waals surface area contributed by atoms with Crippen molar-refractivity contribution in [3.63, 3.8) is 0 Å². The molecule has 1 aliphatic rings. The second-order valence-corrected chi connectivity index (χ2v) is 10.3. The van der Waals surface area contributed by atoms with Crippen LogP contribution in [0.2, 0.25) is 0 Å². The van der Waals surface area contributed by atoms with Crippen molar-refractivity contribution < 1.29 is 13.2 Å². The molecule has 1 aliphatic heterocycles. The van der Waals surface area contributed by atoms with E-state index in [0.717, 1.165) is 18.4 Å². The zero-order chi connectivity index (χ0) is 23.0. The fraction of sp³-hybridized carbons (Fsp3) is 0.250. The summed E-state index contributed by atoms with van der Waals surface area (Å²) in [6, 6.07) is 10.1. The highest BCUT2D eigenvalue weighted by molar-refractivity contribution is 7.89. The van der Waals surface area contributed by atoms with Crippen molar-refractivity contribution >= 4 is 26.8 Å². The van der Waals surface area contributed by atoms with Gasteiger partial charge in [-0.3, -0.25) is 14.3 Å². The Kier molecular flexibility index (Phi) is 5.51. The van der Waals surface area contributed by atoms with Gasteiger partial charge >= 0.3 is 0 Å². The third kappa shape index (κ3) is 4.05. The number of carbonyl (C=O) groups excluding carboxylic acids is 1. The van der Waals surface area contributed by atoms with E-state index < -0.39 is 10.0 Å². The standard InChI is InChI=1S/C24H23N5O3S/c1-17-6-10-29(11-7-17)33(31,32)19-4-5-22-20(13-19)21(24(30)28-12-9-26-16-28)14-23(27-22)18-3-2-8-25-15-18/h2-5,8-9,12-17H,6-7,10-11H2,1H3. The molecule has 3 aromatic heterocycles. The van der Waals surface area contributed by atoms with Crippen molar-refractivity contribution in [2.75, 3.05) is 13.1 Å². The van der Waals surface area contributed by atoms with Gasteiger partial charge in [0.15, 0.2) is 0 Å². The molecule has 4 heterocycles. The molecule has 0 bridgehead atoms. The molecular formula is C24H23N5O3S. The molecule has 5 rings (SSSR count). The van der Waals surface area contributed by atoms with E-state index in [1.165, 1.54) is 21.4 Å². The topological polar surface area (TPSA) is 98.0 Å². The summed E-state index contributed by atoms with van der Waals surface area (Å²) in [4.78, 5) is 26.3. The molecule has 0 unspecified atom stereocenters. The van der Waals surface area contributed by atoms with Gasteiger partial charge in [-0.1, -0.05) is 6.92 Å². The van der Waals surface area contributed by atoms with Crippen LogP contribution in [0, 0.1) is 5.92 Å². The molecule has 33 heavy (non-hydrogen) atoms. The summed E-state index contributed by atoms with van der Waals surface area (Å²) in [5.41, 5.74) is 2.23. The van der Waals surface area contributed by atoms with Crippen LogP contribution in [-0.4, -0.2) is 51.2 Å². The van der Waals surface area contributed by atoms with Crippen LogP contribution in [0.25, 0.3) is 22.2 Å². The first-order valence-electron chi connectivity index (χ1n) is 10.8. The largest absolute Gasteiger partial charge is 0.272 e. The Hall–Kier alpha value is -3.43. The van der Waals surface area contributed by atoms with Gasteiger partial charge in [0.2, 0.25) is 10.0 Å². The number of benzene rings is 1. The predicted octanol–water partition coefficient (Wildman–Crippen LogP) is 3.60. The van der Waals surface area contributed by atoms with Crippen LogP contribution >= 0.6 is 0 Å². The van der Waals surface area contributed by atoms with E-state index in [-0.39, 0.29) is 10.8 Å². The Labute approximate surface area is 192 Å². The molecule has 0 atom stereocenters. The number of aromatic nitrogens is 4. The Morgan fingerprint density at radius 3 is 2.58 bits per heavy atom. The van der Waals surface area contributed by atoms with Crippen LogP contribution in [0.5, 0.6) is 0 Å². The van der Waals surface area contributed by atoms with Gasteiger partial charge < -0.3 is 0 Å². The summed E-state index contributed by atoms with van der Waals surface area (Å²) in [7, 11) is -3.67. The molecule has 1 fully saturated rings. The minimum absolute atomic E-state index is 0.167. The number of fused-ring (bicyclic) bond motifs is 1. The molecule has 0 aliphatic carbocycles. The van der Waals surface area contributed by atoms with Crippen molar-refractivity contribution in [3.05, 3.63) is 73.1 Å². The number of nitrogens with zero attached hydrogens (tertiary/aromatic N) is 5. The second kappa shape index (κ2) is 8.49. The lowest BCUT2D eigenvalue weighted by atomic mass is 10.0. The summed E-state index contributed by atoms with van der Waals surface area (Å²) < 4.78 is 29.6. The maximum Gasteiger partial charge on any atom is 0.263 e. The van der Waals surface area contributed by atoms with Gasteiger partial charge in [0.25, 0.3) is 5.91 Å². The maximum absolute atomic E-state index is 13.3. The van der Waals surface area contributed by atoms with Crippen LogP contribution < -0.4 is 0 Å². The fourth-order valence-electron chi connectivity index (χ4n) is 4.10. The highest BCUT2D eigenvalue weighted by Gasteiger charge is 2.29. The van der Waals surface area contributed by atoms with Crippen LogP contribution in [0.15, 0.2) is 72.4 Å². The van der Waals surface area contributed by atoms with E-state index in [1.54, 1.807) is 48.9 Å². The molecule has 0 amide bonds. The number of imidazole rings is 1. The number of pyridine rings is 2. The normalized spacial score (nSPS) is 15.7. The first kappa shape index (κ1) is 21.4. The van der Waals surface area contributed by atoms with Crippen LogP contribution in [0.4, 0.5) is 0 Å². The van der Waals surface area contributed by atoms with E-state index in [4.69, 9.17) is 0 Å². The number of hydrogen-bond donors (Lipinski definition) is 0.